The Bertz CT molecular complexity index is 545. The summed E-state index contributed by atoms with van der Waals surface area (Å²) < 4.78 is 0. The van der Waals surface area contributed by atoms with Gasteiger partial charge in [-0.1, -0.05) is 76.0 Å². The Morgan fingerprint density at radius 3 is 0.852 bits per heavy atom. The Hall–Kier alpha value is -0.900. The zero-order valence-corrected chi connectivity index (χ0v) is 16.7. The molecule has 3 saturated carbocycles. The number of rotatable bonds is 3. The number of hydrogen-bond acceptors (Lipinski definition) is 3. The molecule has 1 aromatic rings. The Balaban J connectivity index is 1.78. The first-order valence-electron chi connectivity index (χ1n) is 11.3. The van der Waals surface area contributed by atoms with E-state index in [2.05, 4.69) is 18.2 Å². The second kappa shape index (κ2) is 7.50. The molecule has 3 aliphatic rings. The minimum atomic E-state index is -0.806. The van der Waals surface area contributed by atoms with E-state index in [0.29, 0.717) is 0 Å². The highest BCUT2D eigenvalue weighted by molar-refractivity contribution is 5.40. The summed E-state index contributed by atoms with van der Waals surface area (Å²) in [5.41, 5.74) is 0.352. The third-order valence-electron chi connectivity index (χ3n) is 7.59. The molecule has 3 N–H and O–H groups in total. The molecular weight excluding hydrogens is 336 g/mol. The second-order valence-electron chi connectivity index (χ2n) is 9.58. The molecule has 0 atom stereocenters. The van der Waals surface area contributed by atoms with Gasteiger partial charge in [-0.05, 0) is 55.2 Å². The maximum atomic E-state index is 11.4. The van der Waals surface area contributed by atoms with Crippen molar-refractivity contribution in [3.8, 4) is 0 Å². The average molecular weight is 373 g/mol. The molecule has 0 heterocycles. The van der Waals surface area contributed by atoms with Crippen molar-refractivity contribution in [2.75, 3.05) is 0 Å². The molecular formula is C24H36O3. The third-order valence-corrected chi connectivity index (χ3v) is 7.59. The van der Waals surface area contributed by atoms with E-state index in [0.717, 1.165) is 93.7 Å². The summed E-state index contributed by atoms with van der Waals surface area (Å²) in [7, 11) is 0. The molecule has 27 heavy (non-hydrogen) atoms. The summed E-state index contributed by atoms with van der Waals surface area (Å²) in [5.74, 6) is 0. The van der Waals surface area contributed by atoms with Crippen LogP contribution in [0.2, 0.25) is 0 Å². The molecule has 0 unspecified atom stereocenters. The zero-order chi connectivity index (χ0) is 19.0. The van der Waals surface area contributed by atoms with E-state index in [9.17, 15) is 15.3 Å². The molecule has 0 bridgehead atoms. The van der Waals surface area contributed by atoms with Crippen LogP contribution in [0.4, 0.5) is 0 Å². The summed E-state index contributed by atoms with van der Waals surface area (Å²) in [6.45, 7) is 0. The summed E-state index contributed by atoms with van der Waals surface area (Å²) in [6.07, 6.45) is 14.5. The Labute approximate surface area is 163 Å². The minimum absolute atomic E-state index is 0.784. The zero-order valence-electron chi connectivity index (χ0n) is 16.7. The lowest BCUT2D eigenvalue weighted by atomic mass is 9.72. The molecule has 0 radical (unpaired) electrons. The topological polar surface area (TPSA) is 60.7 Å². The van der Waals surface area contributed by atoms with Gasteiger partial charge in [-0.3, -0.25) is 0 Å². The first kappa shape index (κ1) is 19.4. The van der Waals surface area contributed by atoms with Crippen molar-refractivity contribution in [1.82, 2.24) is 0 Å². The van der Waals surface area contributed by atoms with Gasteiger partial charge in [-0.25, -0.2) is 0 Å². The van der Waals surface area contributed by atoms with E-state index in [-0.39, 0.29) is 0 Å². The van der Waals surface area contributed by atoms with Crippen molar-refractivity contribution in [3.63, 3.8) is 0 Å². The van der Waals surface area contributed by atoms with Crippen LogP contribution in [0.5, 0.6) is 0 Å². The maximum absolute atomic E-state index is 11.4. The first-order chi connectivity index (χ1) is 12.9. The summed E-state index contributed by atoms with van der Waals surface area (Å²) in [5, 5.41) is 34.2. The molecule has 0 aromatic heterocycles. The average Bonchev–Trinajstić information content (AvgIpc) is 2.69. The van der Waals surface area contributed by atoms with Crippen LogP contribution in [-0.4, -0.2) is 15.3 Å². The van der Waals surface area contributed by atoms with Crippen molar-refractivity contribution in [3.05, 3.63) is 34.9 Å². The Morgan fingerprint density at radius 2 is 0.630 bits per heavy atom. The van der Waals surface area contributed by atoms with Crippen LogP contribution in [0.3, 0.4) is 0 Å². The van der Waals surface area contributed by atoms with Crippen LogP contribution in [0.25, 0.3) is 0 Å². The van der Waals surface area contributed by atoms with E-state index >= 15 is 0 Å². The molecule has 3 aliphatic carbocycles. The van der Waals surface area contributed by atoms with Gasteiger partial charge in [0.25, 0.3) is 0 Å². The molecule has 0 spiro atoms. The van der Waals surface area contributed by atoms with E-state index in [1.54, 1.807) is 0 Å². The predicted octanol–water partition coefficient (Wildman–Crippen LogP) is 5.14. The van der Waals surface area contributed by atoms with E-state index in [1.165, 1.54) is 19.3 Å². The Kier molecular flexibility index (Phi) is 5.39. The fourth-order valence-corrected chi connectivity index (χ4v) is 5.71. The molecule has 0 saturated heterocycles. The third kappa shape index (κ3) is 3.83. The van der Waals surface area contributed by atoms with Gasteiger partial charge in [-0.15, -0.1) is 0 Å². The van der Waals surface area contributed by atoms with Crippen LogP contribution >= 0.6 is 0 Å². The Morgan fingerprint density at radius 1 is 0.407 bits per heavy atom. The summed E-state index contributed by atoms with van der Waals surface area (Å²) in [4.78, 5) is 0. The number of aliphatic hydroxyl groups is 3. The van der Waals surface area contributed by atoms with E-state index in [1.807, 2.05) is 0 Å². The molecule has 0 aliphatic heterocycles. The van der Waals surface area contributed by atoms with Crippen molar-refractivity contribution < 1.29 is 15.3 Å². The maximum Gasteiger partial charge on any atom is 0.0896 e. The molecule has 4 rings (SSSR count). The van der Waals surface area contributed by atoms with Gasteiger partial charge in [0.2, 0.25) is 0 Å². The highest BCUT2D eigenvalue weighted by atomic mass is 16.3. The van der Waals surface area contributed by atoms with E-state index < -0.39 is 16.8 Å². The summed E-state index contributed by atoms with van der Waals surface area (Å²) in [6, 6.07) is 6.19. The quantitative estimate of drug-likeness (QED) is 0.688. The molecule has 3 fully saturated rings. The molecule has 150 valence electrons. The highest BCUT2D eigenvalue weighted by Crippen LogP contribution is 2.45. The predicted molar refractivity (Wildman–Crippen MR) is 107 cm³/mol. The standard InChI is InChI=1S/C24H36O3/c25-22(10-4-1-5-11-22)19-16-20(23(26)12-6-2-7-13-23)18-21(17-19)24(27)14-8-3-9-15-24/h16-18,25-27H,1-15H2. The van der Waals surface area contributed by atoms with Crippen LogP contribution in [-0.2, 0) is 16.8 Å². The minimum Gasteiger partial charge on any atom is -0.385 e. The monoisotopic (exact) mass is 372 g/mol. The fourth-order valence-electron chi connectivity index (χ4n) is 5.71. The van der Waals surface area contributed by atoms with Gasteiger partial charge in [0.15, 0.2) is 0 Å². The van der Waals surface area contributed by atoms with Crippen LogP contribution in [0.1, 0.15) is 113 Å². The lowest BCUT2D eigenvalue weighted by Crippen LogP contribution is -2.34. The largest absolute Gasteiger partial charge is 0.385 e. The summed E-state index contributed by atoms with van der Waals surface area (Å²) >= 11 is 0. The van der Waals surface area contributed by atoms with Crippen molar-refractivity contribution in [1.29, 1.82) is 0 Å². The van der Waals surface area contributed by atoms with Gasteiger partial charge < -0.3 is 15.3 Å². The molecule has 3 nitrogen and oxygen atoms in total. The number of benzene rings is 1. The SMILES string of the molecule is OC1(c2cc(C3(O)CCCCC3)cc(C3(O)CCCCC3)c2)CCCCC1. The van der Waals surface area contributed by atoms with Gasteiger partial charge in [0.1, 0.15) is 0 Å². The van der Waals surface area contributed by atoms with Gasteiger partial charge >= 0.3 is 0 Å². The van der Waals surface area contributed by atoms with Gasteiger partial charge in [0, 0.05) is 0 Å². The fraction of sp³-hybridized carbons (Fsp3) is 0.750. The lowest BCUT2D eigenvalue weighted by molar-refractivity contribution is -0.0129. The molecule has 0 amide bonds. The van der Waals surface area contributed by atoms with Crippen LogP contribution in [0.15, 0.2) is 18.2 Å². The van der Waals surface area contributed by atoms with Crippen molar-refractivity contribution >= 4 is 0 Å². The first-order valence-corrected chi connectivity index (χ1v) is 11.3. The highest BCUT2D eigenvalue weighted by Gasteiger charge is 2.39. The van der Waals surface area contributed by atoms with Gasteiger partial charge in [0.05, 0.1) is 16.8 Å². The van der Waals surface area contributed by atoms with Crippen molar-refractivity contribution in [2.45, 2.75) is 113 Å². The second-order valence-corrected chi connectivity index (χ2v) is 9.58. The van der Waals surface area contributed by atoms with Crippen LogP contribution < -0.4 is 0 Å². The molecule has 1 aromatic carbocycles. The van der Waals surface area contributed by atoms with Crippen molar-refractivity contribution in [2.24, 2.45) is 0 Å². The number of hydrogen-bond donors (Lipinski definition) is 3. The van der Waals surface area contributed by atoms with E-state index in [4.69, 9.17) is 0 Å². The lowest BCUT2D eigenvalue weighted by Gasteiger charge is -2.39. The van der Waals surface area contributed by atoms with Gasteiger partial charge in [-0.2, -0.15) is 0 Å². The molecule has 3 heteroatoms. The smallest absolute Gasteiger partial charge is 0.0896 e. The van der Waals surface area contributed by atoms with Crippen LogP contribution in [0, 0.1) is 0 Å². The normalized spacial score (nSPS) is 27.2.